The quantitative estimate of drug-likeness (QED) is 0.446. The van der Waals surface area contributed by atoms with Gasteiger partial charge in [-0.15, -0.1) is 0 Å². The molecule has 0 spiro atoms. The third-order valence-electron chi connectivity index (χ3n) is 6.73. The van der Waals surface area contributed by atoms with Crippen molar-refractivity contribution in [1.82, 2.24) is 10.2 Å². The van der Waals surface area contributed by atoms with Crippen LogP contribution in [0.3, 0.4) is 0 Å². The van der Waals surface area contributed by atoms with Crippen molar-refractivity contribution in [2.75, 3.05) is 26.8 Å². The molecule has 40 heavy (non-hydrogen) atoms. The number of amides is 2. The molecule has 0 bridgehead atoms. The molecular formula is C31H41N3O6. The van der Waals surface area contributed by atoms with Crippen molar-refractivity contribution < 1.29 is 29.0 Å². The van der Waals surface area contributed by atoms with E-state index >= 15 is 0 Å². The van der Waals surface area contributed by atoms with Crippen LogP contribution in [0.15, 0.2) is 29.3 Å². The smallest absolute Gasteiger partial charge is 0.435 e. The van der Waals surface area contributed by atoms with E-state index in [1.807, 2.05) is 48.5 Å². The number of ether oxygens (including phenoxy) is 2. The van der Waals surface area contributed by atoms with Crippen molar-refractivity contribution in [3.63, 3.8) is 0 Å². The number of benzene rings is 2. The number of Topliss-reactive ketones (excluding diaryl/α,β-unsaturated/α-hetero) is 1. The molecule has 216 valence electrons. The number of phenolic OH excluding ortho intramolecular Hbond substituents is 1. The van der Waals surface area contributed by atoms with Gasteiger partial charge < -0.3 is 24.8 Å². The first-order chi connectivity index (χ1) is 18.6. The van der Waals surface area contributed by atoms with E-state index in [9.17, 15) is 19.5 Å². The van der Waals surface area contributed by atoms with E-state index in [4.69, 9.17) is 9.47 Å². The van der Waals surface area contributed by atoms with Gasteiger partial charge in [-0.1, -0.05) is 41.5 Å². The molecule has 1 aliphatic rings. The lowest BCUT2D eigenvalue weighted by molar-refractivity contribution is 0.0953. The highest BCUT2D eigenvalue weighted by molar-refractivity contribution is 6.11. The van der Waals surface area contributed by atoms with Crippen molar-refractivity contribution in [3.8, 4) is 11.5 Å². The molecule has 0 atom stereocenters. The van der Waals surface area contributed by atoms with Crippen LogP contribution in [-0.4, -0.2) is 60.4 Å². The summed E-state index contributed by atoms with van der Waals surface area (Å²) >= 11 is 0. The van der Waals surface area contributed by atoms with Gasteiger partial charge in [-0.3, -0.25) is 9.59 Å². The first kappa shape index (κ1) is 30.7. The van der Waals surface area contributed by atoms with E-state index in [0.717, 1.165) is 5.56 Å². The minimum absolute atomic E-state index is 0.0792. The molecule has 2 amide bonds. The molecule has 0 fully saturated rings. The van der Waals surface area contributed by atoms with Crippen molar-refractivity contribution >= 4 is 23.6 Å². The molecule has 0 aliphatic carbocycles. The first-order valence-corrected chi connectivity index (χ1v) is 13.6. The number of aliphatic imine (C=N–C) groups is 1. The van der Waals surface area contributed by atoms with Gasteiger partial charge in [0, 0.05) is 35.8 Å². The van der Waals surface area contributed by atoms with Crippen LogP contribution in [0.5, 0.6) is 11.5 Å². The SMILES string of the molecule is CCOC(=O)N=C1c2cc(C(=O)NC)c(OCC)cc2CN1CC(=O)c1cc(C(C)(C)C)c(O)c(C(C)(C)C)c1. The van der Waals surface area contributed by atoms with Gasteiger partial charge in [0.05, 0.1) is 25.3 Å². The normalized spacial score (nSPS) is 14.2. The van der Waals surface area contributed by atoms with E-state index in [1.54, 1.807) is 36.1 Å². The average Bonchev–Trinajstić information content (AvgIpc) is 3.17. The van der Waals surface area contributed by atoms with E-state index in [0.29, 0.717) is 40.2 Å². The number of hydrogen-bond acceptors (Lipinski definition) is 6. The van der Waals surface area contributed by atoms with Gasteiger partial charge in [0.25, 0.3) is 5.91 Å². The number of amidine groups is 1. The molecule has 9 nitrogen and oxygen atoms in total. The molecule has 1 heterocycles. The fourth-order valence-electron chi connectivity index (χ4n) is 4.71. The Morgan fingerprint density at radius 2 is 1.57 bits per heavy atom. The molecule has 2 aromatic carbocycles. The van der Waals surface area contributed by atoms with Gasteiger partial charge >= 0.3 is 6.09 Å². The molecule has 2 aromatic rings. The maximum absolute atomic E-state index is 13.8. The molecule has 9 heteroatoms. The molecule has 0 saturated carbocycles. The molecule has 0 aromatic heterocycles. The lowest BCUT2D eigenvalue weighted by Crippen LogP contribution is -2.32. The molecule has 2 N–H and O–H groups in total. The highest BCUT2D eigenvalue weighted by atomic mass is 16.5. The van der Waals surface area contributed by atoms with Crippen molar-refractivity contribution in [3.05, 3.63) is 57.6 Å². The van der Waals surface area contributed by atoms with Crippen LogP contribution >= 0.6 is 0 Å². The first-order valence-electron chi connectivity index (χ1n) is 13.6. The average molecular weight is 552 g/mol. The van der Waals surface area contributed by atoms with Crippen molar-refractivity contribution in [1.29, 1.82) is 0 Å². The number of phenols is 1. The van der Waals surface area contributed by atoms with Crippen LogP contribution in [0.1, 0.15) is 98.4 Å². The number of nitrogens with one attached hydrogen (secondary N) is 1. The summed E-state index contributed by atoms with van der Waals surface area (Å²) in [5, 5.41) is 13.7. The Kier molecular flexibility index (Phi) is 8.97. The highest BCUT2D eigenvalue weighted by Gasteiger charge is 2.33. The third kappa shape index (κ3) is 6.46. The maximum Gasteiger partial charge on any atom is 0.435 e. The highest BCUT2D eigenvalue weighted by Crippen LogP contribution is 2.40. The van der Waals surface area contributed by atoms with Crippen LogP contribution < -0.4 is 10.1 Å². The minimum Gasteiger partial charge on any atom is -0.507 e. The Morgan fingerprint density at radius 1 is 0.975 bits per heavy atom. The Labute approximate surface area is 236 Å². The van der Waals surface area contributed by atoms with Crippen LogP contribution in [0.4, 0.5) is 4.79 Å². The summed E-state index contributed by atoms with van der Waals surface area (Å²) in [4.78, 5) is 44.7. The van der Waals surface area contributed by atoms with Crippen molar-refractivity contribution in [2.24, 2.45) is 4.99 Å². The lowest BCUT2D eigenvalue weighted by atomic mass is 9.78. The van der Waals surface area contributed by atoms with Gasteiger partial charge in [-0.05, 0) is 54.5 Å². The largest absolute Gasteiger partial charge is 0.507 e. The monoisotopic (exact) mass is 551 g/mol. The topological polar surface area (TPSA) is 118 Å². The van der Waals surface area contributed by atoms with Gasteiger partial charge in [0.2, 0.25) is 0 Å². The van der Waals surface area contributed by atoms with Crippen LogP contribution in [0.25, 0.3) is 0 Å². The summed E-state index contributed by atoms with van der Waals surface area (Å²) in [6.07, 6.45) is -0.784. The van der Waals surface area contributed by atoms with Crippen LogP contribution in [0, 0.1) is 0 Å². The summed E-state index contributed by atoms with van der Waals surface area (Å²) in [5.74, 6) is 0.315. The Balaban J connectivity index is 2.10. The molecular weight excluding hydrogens is 510 g/mol. The number of aromatic hydroxyl groups is 1. The Morgan fingerprint density at radius 3 is 2.08 bits per heavy atom. The summed E-state index contributed by atoms with van der Waals surface area (Å²) in [7, 11) is 1.53. The second kappa shape index (κ2) is 11.7. The zero-order chi connectivity index (χ0) is 30.0. The maximum atomic E-state index is 13.8. The summed E-state index contributed by atoms with van der Waals surface area (Å²) in [6, 6.07) is 6.88. The van der Waals surface area contributed by atoms with Gasteiger partial charge in [0.15, 0.2) is 5.78 Å². The number of nitrogens with zero attached hydrogens (tertiary/aromatic N) is 2. The van der Waals surface area contributed by atoms with E-state index in [-0.39, 0.29) is 43.0 Å². The fraction of sp³-hybridized carbons (Fsp3) is 0.484. The summed E-state index contributed by atoms with van der Waals surface area (Å²) in [5.41, 5.74) is 2.66. The number of fused-ring (bicyclic) bond motifs is 1. The number of ketones is 1. The van der Waals surface area contributed by atoms with Gasteiger partial charge in [-0.2, -0.15) is 4.99 Å². The fourth-order valence-corrected chi connectivity index (χ4v) is 4.71. The third-order valence-corrected chi connectivity index (χ3v) is 6.73. The standard InChI is InChI=1S/C31H41N3O6/c1-10-39-25-14-19-16-34(27(33-29(38)40-11-2)20(19)15-21(25)28(37)32-9)17-24(35)18-12-22(30(3,4)5)26(36)23(13-18)31(6,7)8/h12-15,36H,10-11,16-17H2,1-9H3,(H,32,37). The van der Waals surface area contributed by atoms with E-state index in [2.05, 4.69) is 10.3 Å². The molecule has 0 unspecified atom stereocenters. The number of rotatable bonds is 7. The molecule has 0 radical (unpaired) electrons. The minimum atomic E-state index is -0.784. The van der Waals surface area contributed by atoms with E-state index < -0.39 is 16.9 Å². The second-order valence-corrected chi connectivity index (χ2v) is 11.9. The number of carbonyl (C=O) groups excluding carboxylic acids is 3. The number of carbonyl (C=O) groups is 3. The van der Waals surface area contributed by atoms with Crippen LogP contribution in [0.2, 0.25) is 0 Å². The Hall–Kier alpha value is -3.88. The predicted molar refractivity (Wildman–Crippen MR) is 155 cm³/mol. The van der Waals surface area contributed by atoms with Gasteiger partial charge in [-0.25, -0.2) is 4.79 Å². The Bertz CT molecular complexity index is 1310. The molecule has 0 saturated heterocycles. The molecule has 3 rings (SSSR count). The summed E-state index contributed by atoms with van der Waals surface area (Å²) < 4.78 is 10.8. The zero-order valence-corrected chi connectivity index (χ0v) is 25.0. The van der Waals surface area contributed by atoms with Crippen LogP contribution in [-0.2, 0) is 22.1 Å². The van der Waals surface area contributed by atoms with Gasteiger partial charge in [0.1, 0.15) is 17.3 Å². The molecule has 1 aliphatic heterocycles. The van der Waals surface area contributed by atoms with Crippen molar-refractivity contribution in [2.45, 2.75) is 72.8 Å². The summed E-state index contributed by atoms with van der Waals surface area (Å²) in [6.45, 7) is 16.2. The lowest BCUT2D eigenvalue weighted by Gasteiger charge is -2.28. The zero-order valence-electron chi connectivity index (χ0n) is 25.0. The second-order valence-electron chi connectivity index (χ2n) is 11.9. The number of hydrogen-bond donors (Lipinski definition) is 2. The van der Waals surface area contributed by atoms with E-state index in [1.165, 1.54) is 7.05 Å². The predicted octanol–water partition coefficient (Wildman–Crippen LogP) is 5.35.